The van der Waals surface area contributed by atoms with E-state index >= 15 is 0 Å². The van der Waals surface area contributed by atoms with Gasteiger partial charge in [0.2, 0.25) is 4.77 Å². The van der Waals surface area contributed by atoms with E-state index < -0.39 is 50.4 Å². The lowest BCUT2D eigenvalue weighted by molar-refractivity contribution is -0.149. The number of aliphatic hydroxyl groups is 2. The summed E-state index contributed by atoms with van der Waals surface area (Å²) in [6, 6.07) is 8.63. The fraction of sp³-hybridized carbons (Fsp3) is 0.500. The van der Waals surface area contributed by atoms with Gasteiger partial charge in [0.05, 0.1) is 12.7 Å². The Morgan fingerprint density at radius 2 is 1.97 bits per heavy atom. The number of aromatic nitrogens is 2. The Morgan fingerprint density at radius 3 is 2.58 bits per heavy atom. The first-order chi connectivity index (χ1) is 16.8. The quantitative estimate of drug-likeness (QED) is 0.197. The smallest absolute Gasteiger partial charge is 0.459 e. The average Bonchev–Trinajstić information content (AvgIpc) is 3.02. The Labute approximate surface area is 213 Å². The molecule has 0 saturated carbocycles. The van der Waals surface area contributed by atoms with E-state index in [2.05, 4.69) is 10.1 Å². The zero-order valence-corrected chi connectivity index (χ0v) is 22.0. The van der Waals surface area contributed by atoms with Crippen molar-refractivity contribution < 1.29 is 38.1 Å². The van der Waals surface area contributed by atoms with Crippen LogP contribution in [0.25, 0.3) is 0 Å². The molecule has 198 valence electrons. The molecule has 3 rings (SSSR count). The summed E-state index contributed by atoms with van der Waals surface area (Å²) in [7, 11) is -4.22. The zero-order chi connectivity index (χ0) is 26.7. The van der Waals surface area contributed by atoms with Crippen molar-refractivity contribution in [3.63, 3.8) is 0 Å². The number of benzene rings is 1. The van der Waals surface area contributed by atoms with Gasteiger partial charge in [0.25, 0.3) is 0 Å². The van der Waals surface area contributed by atoms with Crippen molar-refractivity contribution in [3.8, 4) is 5.75 Å². The fourth-order valence-corrected chi connectivity index (χ4v) is 5.30. The number of nitrogens with one attached hydrogen (secondary N) is 1. The molecule has 1 fully saturated rings. The molecule has 0 amide bonds. The molecule has 1 aromatic carbocycles. The van der Waals surface area contributed by atoms with Crippen LogP contribution < -0.4 is 15.3 Å². The maximum absolute atomic E-state index is 13.7. The van der Waals surface area contributed by atoms with Crippen molar-refractivity contribution in [3.05, 3.63) is 47.4 Å². The Balaban J connectivity index is 1.81. The van der Waals surface area contributed by atoms with Crippen LogP contribution in [0.3, 0.4) is 0 Å². The van der Waals surface area contributed by atoms with Gasteiger partial charge in [-0.05, 0) is 58.1 Å². The second-order valence-electron chi connectivity index (χ2n) is 8.81. The zero-order valence-electron chi connectivity index (χ0n) is 20.3. The number of esters is 1. The van der Waals surface area contributed by atoms with Crippen LogP contribution in [-0.4, -0.2) is 62.3 Å². The summed E-state index contributed by atoms with van der Waals surface area (Å²) in [5.41, 5.74) is 4.10. The van der Waals surface area contributed by atoms with Crippen LogP contribution in [-0.2, 0) is 23.4 Å². The molecular weight excluding hydrogens is 511 g/mol. The van der Waals surface area contributed by atoms with Crippen LogP contribution in [0.15, 0.2) is 42.6 Å². The van der Waals surface area contributed by atoms with E-state index in [4.69, 9.17) is 36.5 Å². The number of nitrogen functional groups attached to an aromatic ring is 1. The Kier molecular flexibility index (Phi) is 8.88. The summed E-state index contributed by atoms with van der Waals surface area (Å²) in [6.45, 7) is 5.81. The molecule has 36 heavy (non-hydrogen) atoms. The molecule has 14 heteroatoms. The van der Waals surface area contributed by atoms with Crippen LogP contribution >= 0.6 is 20.0 Å². The number of nitrogens with two attached hydrogens (primary N) is 1. The highest BCUT2D eigenvalue weighted by atomic mass is 32.1. The van der Waals surface area contributed by atoms with Gasteiger partial charge in [0.1, 0.15) is 35.4 Å². The van der Waals surface area contributed by atoms with Gasteiger partial charge in [-0.25, -0.2) is 9.55 Å². The summed E-state index contributed by atoms with van der Waals surface area (Å²) < 4.78 is 37.4. The topological polar surface area (TPSA) is 167 Å². The molecule has 1 aliphatic rings. The van der Waals surface area contributed by atoms with Gasteiger partial charge in [0.15, 0.2) is 6.23 Å². The van der Waals surface area contributed by atoms with Crippen molar-refractivity contribution in [1.29, 1.82) is 0 Å². The maximum atomic E-state index is 13.7. The minimum atomic E-state index is -4.22. The van der Waals surface area contributed by atoms with Gasteiger partial charge in [-0.15, -0.1) is 0 Å². The predicted molar refractivity (Wildman–Crippen MR) is 132 cm³/mol. The Bertz CT molecular complexity index is 1170. The number of carbonyl (C=O) groups excluding carboxylic acids is 1. The van der Waals surface area contributed by atoms with E-state index in [-0.39, 0.29) is 22.4 Å². The molecule has 12 nitrogen and oxygen atoms in total. The fourth-order valence-electron chi connectivity index (χ4n) is 3.44. The second kappa shape index (κ2) is 11.3. The van der Waals surface area contributed by atoms with E-state index in [1.165, 1.54) is 30.7 Å². The van der Waals surface area contributed by atoms with E-state index in [0.717, 1.165) is 0 Å². The number of aliphatic hydroxyl groups excluding tert-OH is 2. The SMILES string of the molecule is CC(C)OC(=O)[C@H](C)NP(=O)(OC[C@@]1(C)O[C@@H](n2ccc(N)nc2=S)[C@@H](O)[C@H]1O)Oc1ccccc1. The molecule has 2 aromatic rings. The van der Waals surface area contributed by atoms with Crippen LogP contribution in [0.4, 0.5) is 5.82 Å². The van der Waals surface area contributed by atoms with Crippen LogP contribution in [0, 0.1) is 4.77 Å². The number of nitrogens with zero attached hydrogens (tertiary/aromatic N) is 2. The summed E-state index contributed by atoms with van der Waals surface area (Å²) in [4.78, 5) is 16.3. The number of anilines is 1. The number of hydrogen-bond acceptors (Lipinski definition) is 11. The maximum Gasteiger partial charge on any atom is 0.459 e. The largest absolute Gasteiger partial charge is 0.462 e. The molecule has 1 aromatic heterocycles. The molecule has 5 N–H and O–H groups in total. The van der Waals surface area contributed by atoms with Crippen LogP contribution in [0.2, 0.25) is 0 Å². The first-order valence-electron chi connectivity index (χ1n) is 11.2. The summed E-state index contributed by atoms with van der Waals surface area (Å²) in [6.07, 6.45) is -2.90. The van der Waals surface area contributed by atoms with E-state index in [1.807, 2.05) is 0 Å². The van der Waals surface area contributed by atoms with Crippen molar-refractivity contribution >= 4 is 31.8 Å². The van der Waals surface area contributed by atoms with Gasteiger partial charge in [0, 0.05) is 6.20 Å². The van der Waals surface area contributed by atoms with Crippen molar-refractivity contribution in [2.24, 2.45) is 0 Å². The molecule has 0 spiro atoms. The normalized spacial score (nSPS) is 26.4. The number of ether oxygens (including phenoxy) is 2. The number of rotatable bonds is 10. The van der Waals surface area contributed by atoms with Crippen LogP contribution in [0.1, 0.15) is 33.9 Å². The van der Waals surface area contributed by atoms with Gasteiger partial charge in [-0.1, -0.05) is 18.2 Å². The monoisotopic (exact) mass is 542 g/mol. The lowest BCUT2D eigenvalue weighted by Gasteiger charge is -2.30. The van der Waals surface area contributed by atoms with E-state index in [9.17, 15) is 19.6 Å². The third kappa shape index (κ3) is 6.68. The van der Waals surface area contributed by atoms with Gasteiger partial charge in [-0.3, -0.25) is 13.9 Å². The molecule has 2 heterocycles. The van der Waals surface area contributed by atoms with Gasteiger partial charge >= 0.3 is 13.7 Å². The van der Waals surface area contributed by atoms with Gasteiger partial charge < -0.3 is 29.9 Å². The second-order valence-corrected chi connectivity index (χ2v) is 10.9. The third-order valence-electron chi connectivity index (χ3n) is 5.30. The van der Waals surface area contributed by atoms with Crippen molar-refractivity contribution in [2.45, 2.75) is 63.9 Å². The minimum Gasteiger partial charge on any atom is -0.462 e. The molecule has 1 unspecified atom stereocenters. The molecule has 0 aliphatic carbocycles. The lowest BCUT2D eigenvalue weighted by Crippen LogP contribution is -2.45. The third-order valence-corrected chi connectivity index (χ3v) is 7.23. The van der Waals surface area contributed by atoms with Crippen LogP contribution in [0.5, 0.6) is 5.75 Å². The Morgan fingerprint density at radius 1 is 1.31 bits per heavy atom. The van der Waals surface area contributed by atoms with E-state index in [0.29, 0.717) is 0 Å². The molecular formula is C22H31N4O8PS. The standard InChI is InChI=1S/C22H31N4O8PS/c1-13(2)32-20(29)14(3)25-35(30,34-15-8-6-5-7-9-15)31-12-22(4)18(28)17(27)19(33-22)26-11-10-16(23)24-21(26)36/h5-11,13-14,17-19,27-28H,12H2,1-4H3,(H,25,30)(H2,23,24,36)/t14-,17-,18+,19+,22+,35?/m0/s1. The number of carbonyl (C=O) groups is 1. The number of hydrogen-bond donors (Lipinski definition) is 4. The highest BCUT2D eigenvalue weighted by Crippen LogP contribution is 2.47. The average molecular weight is 543 g/mol. The minimum absolute atomic E-state index is 0.0358. The summed E-state index contributed by atoms with van der Waals surface area (Å²) in [5, 5.41) is 24.0. The highest BCUT2D eigenvalue weighted by Gasteiger charge is 2.53. The van der Waals surface area contributed by atoms with Gasteiger partial charge in [-0.2, -0.15) is 5.09 Å². The number of para-hydroxylation sites is 1. The molecule has 1 aliphatic heterocycles. The summed E-state index contributed by atoms with van der Waals surface area (Å²) >= 11 is 5.19. The highest BCUT2D eigenvalue weighted by molar-refractivity contribution is 7.71. The van der Waals surface area contributed by atoms with E-state index in [1.54, 1.807) is 44.2 Å². The summed E-state index contributed by atoms with van der Waals surface area (Å²) in [5.74, 6) is -0.256. The molecule has 6 atom stereocenters. The lowest BCUT2D eigenvalue weighted by atomic mass is 9.99. The Hall–Kier alpha value is -2.38. The molecule has 0 radical (unpaired) electrons. The molecule has 0 bridgehead atoms. The van der Waals surface area contributed by atoms with Crippen molar-refractivity contribution in [1.82, 2.24) is 14.6 Å². The first kappa shape index (κ1) is 28.2. The molecule has 1 saturated heterocycles. The van der Waals surface area contributed by atoms with Crippen molar-refractivity contribution in [2.75, 3.05) is 12.3 Å². The predicted octanol–water partition coefficient (Wildman–Crippen LogP) is 2.34. The first-order valence-corrected chi connectivity index (χ1v) is 13.1.